The van der Waals surface area contributed by atoms with Crippen molar-refractivity contribution in [3.8, 4) is 6.07 Å². The summed E-state index contributed by atoms with van der Waals surface area (Å²) in [5, 5.41) is 20.1. The first kappa shape index (κ1) is 43.3. The Labute approximate surface area is 309 Å². The van der Waals surface area contributed by atoms with E-state index in [2.05, 4.69) is 20.3 Å². The normalized spacial score (nSPS) is 21.3. The second kappa shape index (κ2) is 19.3. The first-order valence-electron chi connectivity index (χ1n) is 17.7. The number of anilines is 1. The minimum absolute atomic E-state index is 0.115. The highest BCUT2D eigenvalue weighted by Gasteiger charge is 2.62. The fourth-order valence-electron chi connectivity index (χ4n) is 5.71. The molecule has 0 saturated carbocycles. The van der Waals surface area contributed by atoms with Crippen LogP contribution in [0.4, 0.5) is 5.82 Å². The van der Waals surface area contributed by atoms with Crippen LogP contribution in [0.1, 0.15) is 92.9 Å². The number of rotatable bonds is 20. The van der Waals surface area contributed by atoms with E-state index in [9.17, 15) is 29.0 Å². The zero-order chi connectivity index (χ0) is 39.5. The average Bonchev–Trinajstić information content (AvgIpc) is 3.67. The molecule has 0 radical (unpaired) electrons. The second-order valence-corrected chi connectivity index (χ2v) is 14.9. The molecule has 18 nitrogen and oxygen atoms in total. The minimum atomic E-state index is -4.53. The fraction of sp³-hybridized carbons (Fsp3) is 0.676. The Kier molecular flexibility index (Phi) is 15.7. The van der Waals surface area contributed by atoms with Crippen LogP contribution in [-0.4, -0.2) is 88.2 Å². The summed E-state index contributed by atoms with van der Waals surface area (Å²) in [7, 11) is -4.53. The molecule has 0 aliphatic carbocycles. The molecule has 1 saturated heterocycles. The van der Waals surface area contributed by atoms with E-state index >= 15 is 0 Å². The summed E-state index contributed by atoms with van der Waals surface area (Å²) in [4.78, 5) is 54.9. The van der Waals surface area contributed by atoms with Crippen LogP contribution in [0.5, 0.6) is 0 Å². The smallest absolute Gasteiger partial charge is 0.342 e. The summed E-state index contributed by atoms with van der Waals surface area (Å²) in [6.07, 6.45) is -0.0814. The lowest BCUT2D eigenvalue weighted by Gasteiger charge is -2.31. The number of nitrogen functional groups attached to an aromatic ring is 1. The number of nitriles is 1. The summed E-state index contributed by atoms with van der Waals surface area (Å²) in [6.45, 7) is 12.3. The highest BCUT2D eigenvalue weighted by atomic mass is 31.2. The quantitative estimate of drug-likeness (QED) is 0.0991. The van der Waals surface area contributed by atoms with Gasteiger partial charge in [0, 0.05) is 13.8 Å². The summed E-state index contributed by atoms with van der Waals surface area (Å²) in [5.74, 6) is -2.78. The van der Waals surface area contributed by atoms with Crippen molar-refractivity contribution < 1.29 is 52.0 Å². The molecule has 0 unspecified atom stereocenters. The Balaban J connectivity index is 2.01. The van der Waals surface area contributed by atoms with Gasteiger partial charge >= 0.3 is 31.5 Å². The highest BCUT2D eigenvalue weighted by Crippen LogP contribution is 2.47. The van der Waals surface area contributed by atoms with Crippen molar-refractivity contribution in [3.63, 3.8) is 0 Å². The summed E-state index contributed by atoms with van der Waals surface area (Å²) in [6, 6.07) is 2.63. The third-order valence-corrected chi connectivity index (χ3v) is 11.1. The number of aromatic nitrogens is 3. The Morgan fingerprint density at radius 1 is 0.962 bits per heavy atom. The van der Waals surface area contributed by atoms with Crippen molar-refractivity contribution in [1.82, 2.24) is 24.8 Å². The average molecular weight is 766 g/mol. The molecule has 2 aromatic rings. The standard InChI is InChI=1S/C34H52N7O11P/c1-9-24(10-2)15-47-32(44)20(5)39-53(46,40-21(6)33(45)48-16-25(11-3)12-4)49-18-34(17-35)30(51-23(8)43)29(50-22(7)42)28(52-34)26-13-14-27-31(36)37-19-38-41(26)27/h13-14,19-21,24-25,28-30H,9-12,15-16,18H2,1-8H3,(H2,36,37,38)(H2,39,40,46)/t20-,21-,28-,29-,30-,34+/m0/s1. The number of carbonyl (C=O) groups excluding carboxylic acids is 4. The number of esters is 4. The van der Waals surface area contributed by atoms with Gasteiger partial charge in [-0.2, -0.15) is 10.4 Å². The zero-order valence-corrected chi connectivity index (χ0v) is 32.4. The number of carbonyl (C=O) groups is 4. The molecule has 6 atom stereocenters. The van der Waals surface area contributed by atoms with E-state index in [1.54, 1.807) is 12.1 Å². The number of hydrogen-bond donors (Lipinski definition) is 3. The van der Waals surface area contributed by atoms with E-state index < -0.39 is 74.2 Å². The molecular formula is C34H52N7O11P. The largest absolute Gasteiger partial charge is 0.464 e. The molecular weight excluding hydrogens is 713 g/mol. The van der Waals surface area contributed by atoms with E-state index in [0.717, 1.165) is 39.5 Å². The molecule has 0 bridgehead atoms. The van der Waals surface area contributed by atoms with Crippen LogP contribution >= 0.6 is 7.67 Å². The Bertz CT molecular complexity index is 1640. The number of ether oxygens (including phenoxy) is 5. The molecule has 294 valence electrons. The van der Waals surface area contributed by atoms with Gasteiger partial charge in [0.1, 0.15) is 42.7 Å². The van der Waals surface area contributed by atoms with E-state index in [-0.39, 0.29) is 36.6 Å². The second-order valence-electron chi connectivity index (χ2n) is 13.0. The summed E-state index contributed by atoms with van der Waals surface area (Å²) >= 11 is 0. The maximum atomic E-state index is 14.6. The molecule has 0 aromatic carbocycles. The van der Waals surface area contributed by atoms with Crippen molar-refractivity contribution in [1.29, 1.82) is 5.26 Å². The van der Waals surface area contributed by atoms with Gasteiger partial charge in [0.15, 0.2) is 18.0 Å². The molecule has 0 spiro atoms. The zero-order valence-electron chi connectivity index (χ0n) is 31.5. The van der Waals surface area contributed by atoms with Crippen LogP contribution < -0.4 is 15.9 Å². The maximum absolute atomic E-state index is 14.6. The third kappa shape index (κ3) is 11.0. The monoisotopic (exact) mass is 765 g/mol. The molecule has 0 amide bonds. The van der Waals surface area contributed by atoms with Gasteiger partial charge in [0.2, 0.25) is 5.60 Å². The molecule has 4 N–H and O–H groups in total. The molecule has 3 rings (SSSR count). The Hall–Kier alpha value is -4.14. The molecule has 2 aromatic heterocycles. The Morgan fingerprint density at radius 3 is 1.96 bits per heavy atom. The van der Waals surface area contributed by atoms with Crippen molar-refractivity contribution in [2.45, 2.75) is 117 Å². The van der Waals surface area contributed by atoms with Crippen LogP contribution in [0.2, 0.25) is 0 Å². The minimum Gasteiger partial charge on any atom is -0.464 e. The highest BCUT2D eigenvalue weighted by molar-refractivity contribution is 7.54. The van der Waals surface area contributed by atoms with Gasteiger partial charge in [0.25, 0.3) is 0 Å². The van der Waals surface area contributed by atoms with E-state index in [1.807, 2.05) is 33.8 Å². The lowest BCUT2D eigenvalue weighted by Crippen LogP contribution is -2.50. The van der Waals surface area contributed by atoms with Crippen LogP contribution in [-0.2, 0) is 52.0 Å². The summed E-state index contributed by atoms with van der Waals surface area (Å²) in [5.41, 5.74) is 4.36. The fourth-order valence-corrected chi connectivity index (χ4v) is 7.54. The predicted molar refractivity (Wildman–Crippen MR) is 189 cm³/mol. The van der Waals surface area contributed by atoms with Gasteiger partial charge in [-0.3, -0.25) is 23.7 Å². The first-order valence-corrected chi connectivity index (χ1v) is 19.3. The van der Waals surface area contributed by atoms with E-state index in [0.29, 0.717) is 5.52 Å². The van der Waals surface area contributed by atoms with Gasteiger partial charge in [-0.05, 0) is 37.8 Å². The SMILES string of the molecule is CCC(CC)COC(=O)[C@H](C)NP(=O)(N[C@@H](C)C(=O)OCC(CC)CC)OC[C@@]1(C#N)O[C@@H](c2ccc3c(N)ncnn23)[C@H](OC(C)=O)[C@@H]1OC(C)=O. The lowest BCUT2D eigenvalue weighted by atomic mass is 9.95. The molecule has 1 aliphatic heterocycles. The van der Waals surface area contributed by atoms with Crippen LogP contribution in [0.15, 0.2) is 18.5 Å². The van der Waals surface area contributed by atoms with E-state index in [4.69, 9.17) is 33.9 Å². The van der Waals surface area contributed by atoms with Gasteiger partial charge in [-0.15, -0.1) is 0 Å². The van der Waals surface area contributed by atoms with Crippen molar-refractivity contribution in [2.75, 3.05) is 25.6 Å². The topological polar surface area (TPSA) is 245 Å². The van der Waals surface area contributed by atoms with Gasteiger partial charge in [-0.1, -0.05) is 53.4 Å². The summed E-state index contributed by atoms with van der Waals surface area (Å²) < 4.78 is 50.2. The first-order chi connectivity index (χ1) is 25.1. The van der Waals surface area contributed by atoms with Crippen molar-refractivity contribution >= 4 is 42.9 Å². The van der Waals surface area contributed by atoms with Gasteiger partial charge in [-0.25, -0.2) is 19.7 Å². The predicted octanol–water partition coefficient (Wildman–Crippen LogP) is 3.55. The third-order valence-electron chi connectivity index (χ3n) is 9.11. The number of nitrogens with one attached hydrogen (secondary N) is 2. The maximum Gasteiger partial charge on any atom is 0.342 e. The molecule has 1 aliphatic rings. The van der Waals surface area contributed by atoms with Crippen molar-refractivity contribution in [2.24, 2.45) is 11.8 Å². The van der Waals surface area contributed by atoms with Gasteiger partial charge in [0.05, 0.1) is 18.9 Å². The van der Waals surface area contributed by atoms with Gasteiger partial charge < -0.3 is 33.9 Å². The Morgan fingerprint density at radius 2 is 1.49 bits per heavy atom. The number of fused-ring (bicyclic) bond motifs is 1. The number of nitrogens with two attached hydrogens (primary N) is 1. The van der Waals surface area contributed by atoms with Crippen LogP contribution in [0, 0.1) is 23.2 Å². The molecule has 53 heavy (non-hydrogen) atoms. The molecule has 1 fully saturated rings. The number of hydrogen-bond acceptors (Lipinski definition) is 15. The number of nitrogens with zero attached hydrogens (tertiary/aromatic N) is 4. The van der Waals surface area contributed by atoms with Crippen LogP contribution in [0.3, 0.4) is 0 Å². The van der Waals surface area contributed by atoms with Crippen molar-refractivity contribution in [3.05, 3.63) is 24.2 Å². The molecule has 3 heterocycles. The molecule has 19 heteroatoms. The lowest BCUT2D eigenvalue weighted by molar-refractivity contribution is -0.166. The van der Waals surface area contributed by atoms with Crippen LogP contribution in [0.25, 0.3) is 5.52 Å². The van der Waals surface area contributed by atoms with E-state index in [1.165, 1.54) is 24.7 Å².